The summed E-state index contributed by atoms with van der Waals surface area (Å²) in [5.74, 6) is 0.179. The molecular formula is C16H24FNO2. The fourth-order valence-electron chi connectivity index (χ4n) is 2.94. The molecule has 4 heteroatoms. The number of nitrogens with zero attached hydrogens (tertiary/aromatic N) is 1. The van der Waals surface area contributed by atoms with E-state index in [9.17, 15) is 9.50 Å². The van der Waals surface area contributed by atoms with E-state index in [-0.39, 0.29) is 5.82 Å². The van der Waals surface area contributed by atoms with Gasteiger partial charge in [-0.2, -0.15) is 0 Å². The number of likely N-dealkylation sites (tertiary alicyclic amines) is 1. The Labute approximate surface area is 120 Å². The van der Waals surface area contributed by atoms with E-state index >= 15 is 0 Å². The maximum absolute atomic E-state index is 13.5. The highest BCUT2D eigenvalue weighted by atomic mass is 19.1. The average Bonchev–Trinajstić information content (AvgIpc) is 2.47. The second kappa shape index (κ2) is 6.10. The molecule has 1 saturated heterocycles. The monoisotopic (exact) mass is 281 g/mol. The summed E-state index contributed by atoms with van der Waals surface area (Å²) in [5.41, 5.74) is 0.0738. The molecule has 1 aromatic rings. The second-order valence-electron chi connectivity index (χ2n) is 5.99. The van der Waals surface area contributed by atoms with Crippen molar-refractivity contribution in [2.45, 2.75) is 44.8 Å². The third-order valence-electron chi connectivity index (χ3n) is 4.33. The summed E-state index contributed by atoms with van der Waals surface area (Å²) in [6.07, 6.45) is 2.75. The molecular weight excluding hydrogens is 257 g/mol. The maximum Gasteiger partial charge on any atom is 0.124 e. The van der Waals surface area contributed by atoms with Crippen molar-refractivity contribution < 1.29 is 14.2 Å². The van der Waals surface area contributed by atoms with Crippen LogP contribution in [0.5, 0.6) is 5.75 Å². The van der Waals surface area contributed by atoms with Crippen LogP contribution in [0.15, 0.2) is 18.2 Å². The van der Waals surface area contributed by atoms with E-state index < -0.39 is 11.6 Å². The highest BCUT2D eigenvalue weighted by Gasteiger charge is 2.37. The van der Waals surface area contributed by atoms with Crippen LogP contribution >= 0.6 is 0 Å². The van der Waals surface area contributed by atoms with Gasteiger partial charge in [0.1, 0.15) is 17.7 Å². The van der Waals surface area contributed by atoms with Gasteiger partial charge in [-0.25, -0.2) is 4.39 Å². The van der Waals surface area contributed by atoms with Gasteiger partial charge in [-0.3, -0.25) is 4.90 Å². The molecule has 2 rings (SSSR count). The molecule has 0 spiro atoms. The van der Waals surface area contributed by atoms with Gasteiger partial charge in [0.2, 0.25) is 0 Å². The quantitative estimate of drug-likeness (QED) is 0.920. The van der Waals surface area contributed by atoms with E-state index in [0.29, 0.717) is 11.3 Å². The smallest absolute Gasteiger partial charge is 0.124 e. The van der Waals surface area contributed by atoms with Crippen LogP contribution in [0.1, 0.15) is 44.8 Å². The summed E-state index contributed by atoms with van der Waals surface area (Å²) in [6.45, 7) is 5.96. The van der Waals surface area contributed by atoms with Crippen molar-refractivity contribution in [1.29, 1.82) is 0 Å². The van der Waals surface area contributed by atoms with E-state index in [2.05, 4.69) is 4.90 Å². The Morgan fingerprint density at radius 2 is 1.90 bits per heavy atom. The number of aliphatic hydroxyl groups is 1. The largest absolute Gasteiger partial charge is 0.496 e. The van der Waals surface area contributed by atoms with E-state index in [1.807, 2.05) is 13.8 Å². The zero-order valence-corrected chi connectivity index (χ0v) is 12.5. The second-order valence-corrected chi connectivity index (χ2v) is 5.99. The highest BCUT2D eigenvalue weighted by Crippen LogP contribution is 2.37. The van der Waals surface area contributed by atoms with Crippen molar-refractivity contribution in [2.24, 2.45) is 0 Å². The Morgan fingerprint density at radius 3 is 2.50 bits per heavy atom. The Hall–Kier alpha value is -1.13. The first-order chi connectivity index (χ1) is 9.46. The van der Waals surface area contributed by atoms with Gasteiger partial charge in [-0.1, -0.05) is 6.42 Å². The highest BCUT2D eigenvalue weighted by molar-refractivity contribution is 5.37. The summed E-state index contributed by atoms with van der Waals surface area (Å²) in [7, 11) is 1.54. The van der Waals surface area contributed by atoms with Gasteiger partial charge in [0.05, 0.1) is 7.11 Å². The molecule has 0 bridgehead atoms. The molecule has 20 heavy (non-hydrogen) atoms. The van der Waals surface area contributed by atoms with Crippen LogP contribution in [-0.2, 0) is 0 Å². The Balaban J connectivity index is 2.28. The van der Waals surface area contributed by atoms with Gasteiger partial charge >= 0.3 is 0 Å². The van der Waals surface area contributed by atoms with E-state index in [1.54, 1.807) is 6.07 Å². The number of piperidine rings is 1. The van der Waals surface area contributed by atoms with Crippen LogP contribution < -0.4 is 4.74 Å². The molecule has 1 aliphatic rings. The molecule has 1 unspecified atom stereocenters. The molecule has 0 aliphatic carbocycles. The fraction of sp³-hybridized carbons (Fsp3) is 0.625. The fourth-order valence-corrected chi connectivity index (χ4v) is 2.94. The predicted octanol–water partition coefficient (Wildman–Crippen LogP) is 3.13. The van der Waals surface area contributed by atoms with Crippen molar-refractivity contribution in [2.75, 3.05) is 20.2 Å². The van der Waals surface area contributed by atoms with Crippen molar-refractivity contribution in [3.05, 3.63) is 29.6 Å². The van der Waals surface area contributed by atoms with Crippen LogP contribution in [-0.4, -0.2) is 35.7 Å². The maximum atomic E-state index is 13.5. The summed E-state index contributed by atoms with van der Waals surface area (Å²) in [4.78, 5) is 2.28. The van der Waals surface area contributed by atoms with Crippen molar-refractivity contribution in [3.63, 3.8) is 0 Å². The lowest BCUT2D eigenvalue weighted by atomic mass is 9.87. The molecule has 1 heterocycles. The lowest BCUT2D eigenvalue weighted by Gasteiger charge is -2.44. The number of hydrogen-bond donors (Lipinski definition) is 1. The zero-order valence-electron chi connectivity index (χ0n) is 12.5. The third-order valence-corrected chi connectivity index (χ3v) is 4.33. The first kappa shape index (κ1) is 15.3. The molecule has 1 N–H and O–H groups in total. The minimum Gasteiger partial charge on any atom is -0.496 e. The number of aliphatic hydroxyl groups excluding tert-OH is 1. The van der Waals surface area contributed by atoms with Crippen molar-refractivity contribution in [3.8, 4) is 5.75 Å². The van der Waals surface area contributed by atoms with Gasteiger partial charge in [0.15, 0.2) is 0 Å². The minimum atomic E-state index is -0.786. The lowest BCUT2D eigenvalue weighted by Crippen LogP contribution is -2.50. The molecule has 1 aliphatic heterocycles. The first-order valence-corrected chi connectivity index (χ1v) is 7.23. The number of rotatable bonds is 4. The van der Waals surface area contributed by atoms with Crippen LogP contribution in [0.4, 0.5) is 4.39 Å². The van der Waals surface area contributed by atoms with Crippen LogP contribution in [0, 0.1) is 5.82 Å². The Morgan fingerprint density at radius 1 is 1.25 bits per heavy atom. The predicted molar refractivity (Wildman–Crippen MR) is 77.4 cm³/mol. The third kappa shape index (κ3) is 2.96. The first-order valence-electron chi connectivity index (χ1n) is 7.23. The number of benzene rings is 1. The normalized spacial score (nSPS) is 18.9. The molecule has 112 valence electrons. The van der Waals surface area contributed by atoms with Crippen LogP contribution in [0.2, 0.25) is 0 Å². The number of hydrogen-bond acceptors (Lipinski definition) is 3. The van der Waals surface area contributed by atoms with Crippen LogP contribution in [0.3, 0.4) is 0 Å². The van der Waals surface area contributed by atoms with Crippen molar-refractivity contribution in [1.82, 2.24) is 4.90 Å². The molecule has 0 saturated carbocycles. The topological polar surface area (TPSA) is 32.7 Å². The number of ether oxygens (including phenoxy) is 1. The number of halogens is 1. The molecule has 1 atom stereocenters. The molecule has 1 fully saturated rings. The molecule has 1 aromatic carbocycles. The van der Waals surface area contributed by atoms with Gasteiger partial charge < -0.3 is 9.84 Å². The van der Waals surface area contributed by atoms with Gasteiger partial charge in [-0.15, -0.1) is 0 Å². The summed E-state index contributed by atoms with van der Waals surface area (Å²) in [6, 6.07) is 4.29. The van der Waals surface area contributed by atoms with Crippen LogP contribution in [0.25, 0.3) is 0 Å². The SMILES string of the molecule is COc1ccc(F)cc1C(O)C(C)(C)N1CCCCC1. The molecule has 3 nitrogen and oxygen atoms in total. The summed E-state index contributed by atoms with van der Waals surface area (Å²) in [5, 5.41) is 10.7. The summed E-state index contributed by atoms with van der Waals surface area (Å²) >= 11 is 0. The standard InChI is InChI=1S/C16H24FNO2/c1-16(2,18-9-5-4-6-10-18)15(19)13-11-12(17)7-8-14(13)20-3/h7-8,11,15,19H,4-6,9-10H2,1-3H3. The lowest BCUT2D eigenvalue weighted by molar-refractivity contribution is -0.0220. The van der Waals surface area contributed by atoms with E-state index in [0.717, 1.165) is 25.9 Å². The Bertz CT molecular complexity index is 456. The van der Waals surface area contributed by atoms with E-state index in [4.69, 9.17) is 4.74 Å². The minimum absolute atomic E-state index is 0.353. The van der Waals surface area contributed by atoms with Crippen molar-refractivity contribution >= 4 is 0 Å². The number of methoxy groups -OCH3 is 1. The van der Waals surface area contributed by atoms with E-state index in [1.165, 1.54) is 25.7 Å². The zero-order chi connectivity index (χ0) is 14.8. The Kier molecular flexibility index (Phi) is 4.66. The summed E-state index contributed by atoms with van der Waals surface area (Å²) < 4.78 is 18.8. The molecule has 0 amide bonds. The van der Waals surface area contributed by atoms with Gasteiger partial charge in [0, 0.05) is 11.1 Å². The average molecular weight is 281 g/mol. The van der Waals surface area contributed by atoms with Gasteiger partial charge in [0.25, 0.3) is 0 Å². The molecule has 0 aromatic heterocycles. The molecule has 0 radical (unpaired) electrons. The van der Waals surface area contributed by atoms with Gasteiger partial charge in [-0.05, 0) is 58.0 Å².